The van der Waals surface area contributed by atoms with E-state index < -0.39 is 55.2 Å². The van der Waals surface area contributed by atoms with E-state index in [0.29, 0.717) is 18.3 Å². The molecule has 0 saturated carbocycles. The fourth-order valence-corrected chi connectivity index (χ4v) is 2.22. The Morgan fingerprint density at radius 1 is 1.22 bits per heavy atom. The van der Waals surface area contributed by atoms with Crippen molar-refractivity contribution in [2.75, 3.05) is 0 Å². The Kier molecular flexibility index (Phi) is 4.36. The molecule has 0 bridgehead atoms. The molecule has 1 N–H and O–H groups in total. The molecule has 23 heavy (non-hydrogen) atoms. The van der Waals surface area contributed by atoms with Crippen molar-refractivity contribution >= 4 is 28.9 Å². The molecule has 0 fully saturated rings. The molecule has 5 nitrogen and oxygen atoms in total. The van der Waals surface area contributed by atoms with Gasteiger partial charge in [0, 0.05) is 6.20 Å². The van der Waals surface area contributed by atoms with Crippen LogP contribution in [0.15, 0.2) is 18.3 Å². The summed E-state index contributed by atoms with van der Waals surface area (Å²) in [6.07, 6.45) is -4.40. The lowest BCUT2D eigenvalue weighted by Crippen LogP contribution is -2.06. The molecule has 1 aromatic heterocycles. The molecule has 0 spiro atoms. The van der Waals surface area contributed by atoms with Crippen molar-refractivity contribution in [2.45, 2.75) is 6.18 Å². The number of rotatable bonds is 2. The Hall–Kier alpha value is -2.13. The third-order valence-electron chi connectivity index (χ3n) is 2.77. The van der Waals surface area contributed by atoms with Gasteiger partial charge in [-0.05, 0) is 12.1 Å². The van der Waals surface area contributed by atoms with E-state index in [1.807, 2.05) is 0 Å². The highest BCUT2D eigenvalue weighted by atomic mass is 35.5. The minimum Gasteiger partial charge on any atom is -0.501 e. The fourth-order valence-electron chi connectivity index (χ4n) is 1.78. The maximum absolute atomic E-state index is 14.0. The number of phenolic OH excluding ortho intramolecular Hbond substituents is 1. The first-order valence-electron chi connectivity index (χ1n) is 5.62. The topological polar surface area (TPSA) is 76.3 Å². The van der Waals surface area contributed by atoms with E-state index in [9.17, 15) is 32.8 Å². The second kappa shape index (κ2) is 5.82. The Labute approximate surface area is 135 Å². The molecule has 0 aliphatic carbocycles. The van der Waals surface area contributed by atoms with Crippen molar-refractivity contribution in [3.63, 3.8) is 0 Å². The second-order valence-electron chi connectivity index (χ2n) is 4.22. The van der Waals surface area contributed by atoms with Crippen LogP contribution in [0, 0.1) is 15.9 Å². The predicted octanol–water partition coefficient (Wildman–Crippen LogP) is 4.83. The molecule has 0 saturated heterocycles. The molecule has 0 aliphatic heterocycles. The van der Waals surface area contributed by atoms with Crippen molar-refractivity contribution in [1.82, 2.24) is 4.98 Å². The van der Waals surface area contributed by atoms with Gasteiger partial charge in [-0.25, -0.2) is 4.39 Å². The van der Waals surface area contributed by atoms with Gasteiger partial charge in [-0.2, -0.15) is 13.2 Å². The summed E-state index contributed by atoms with van der Waals surface area (Å²) in [5, 5.41) is 19.3. The lowest BCUT2D eigenvalue weighted by molar-refractivity contribution is -0.385. The van der Waals surface area contributed by atoms with Crippen molar-refractivity contribution < 1.29 is 27.6 Å². The molecule has 2 rings (SSSR count). The monoisotopic (exact) mass is 370 g/mol. The van der Waals surface area contributed by atoms with Gasteiger partial charge < -0.3 is 5.11 Å². The summed E-state index contributed by atoms with van der Waals surface area (Å²) in [5.41, 5.74) is -3.86. The Balaban J connectivity index is 2.78. The van der Waals surface area contributed by atoms with Gasteiger partial charge in [-0.15, -0.1) is 0 Å². The first kappa shape index (κ1) is 17.2. The highest BCUT2D eigenvalue weighted by Crippen LogP contribution is 2.45. The minimum atomic E-state index is -4.75. The summed E-state index contributed by atoms with van der Waals surface area (Å²) >= 11 is 11.1. The van der Waals surface area contributed by atoms with E-state index in [2.05, 4.69) is 4.98 Å². The smallest absolute Gasteiger partial charge is 0.417 e. The number of nitro groups is 1. The predicted molar refractivity (Wildman–Crippen MR) is 73.0 cm³/mol. The average molecular weight is 371 g/mol. The van der Waals surface area contributed by atoms with Crippen LogP contribution in [0.1, 0.15) is 5.56 Å². The molecular weight excluding hydrogens is 367 g/mol. The van der Waals surface area contributed by atoms with E-state index in [-0.39, 0.29) is 0 Å². The first-order valence-corrected chi connectivity index (χ1v) is 6.38. The maximum atomic E-state index is 14.0. The van der Waals surface area contributed by atoms with Gasteiger partial charge >= 0.3 is 11.9 Å². The molecule has 0 amide bonds. The normalized spacial score (nSPS) is 11.6. The van der Waals surface area contributed by atoms with E-state index >= 15 is 0 Å². The summed E-state index contributed by atoms with van der Waals surface area (Å²) < 4.78 is 51.7. The number of hydrogen-bond acceptors (Lipinski definition) is 4. The highest BCUT2D eigenvalue weighted by molar-refractivity contribution is 6.34. The van der Waals surface area contributed by atoms with Crippen LogP contribution in [0.25, 0.3) is 11.3 Å². The van der Waals surface area contributed by atoms with E-state index in [1.54, 1.807) is 0 Å². The molecular formula is C12H4Cl2F4N2O3. The summed E-state index contributed by atoms with van der Waals surface area (Å²) in [7, 11) is 0. The number of aromatic hydroxyl groups is 1. The Morgan fingerprint density at radius 2 is 1.83 bits per heavy atom. The summed E-state index contributed by atoms with van der Waals surface area (Å²) in [6.45, 7) is 0. The largest absolute Gasteiger partial charge is 0.501 e. The third kappa shape index (κ3) is 3.15. The van der Waals surface area contributed by atoms with Gasteiger partial charge in [0.15, 0.2) is 0 Å². The number of aromatic nitrogens is 1. The van der Waals surface area contributed by atoms with Crippen LogP contribution in [0.3, 0.4) is 0 Å². The number of halogens is 6. The van der Waals surface area contributed by atoms with Crippen LogP contribution in [0.2, 0.25) is 10.0 Å². The van der Waals surface area contributed by atoms with Crippen molar-refractivity contribution in [2.24, 2.45) is 0 Å². The van der Waals surface area contributed by atoms with Crippen LogP contribution in [-0.2, 0) is 6.18 Å². The fraction of sp³-hybridized carbons (Fsp3) is 0.0833. The number of hydrogen-bond donors (Lipinski definition) is 1. The molecule has 0 radical (unpaired) electrons. The standard InChI is InChI=1S/C12H4Cl2F4N2O3/c13-5-1-4(12(16,17)18)3-19-9(5)8-7(15)2-6(14)11(21)10(8)20(22)23/h1-3,21H. The highest BCUT2D eigenvalue weighted by Gasteiger charge is 2.34. The van der Waals surface area contributed by atoms with E-state index in [1.165, 1.54) is 0 Å². The van der Waals surface area contributed by atoms with Gasteiger partial charge in [0.2, 0.25) is 5.75 Å². The van der Waals surface area contributed by atoms with Gasteiger partial charge in [-0.3, -0.25) is 15.1 Å². The molecule has 2 aromatic rings. The molecule has 122 valence electrons. The van der Waals surface area contributed by atoms with Crippen LogP contribution in [0.5, 0.6) is 5.75 Å². The Bertz CT molecular complexity index is 812. The van der Waals surface area contributed by atoms with Crippen LogP contribution in [0.4, 0.5) is 23.2 Å². The SMILES string of the molecule is O=[N+]([O-])c1c(O)c(Cl)cc(F)c1-c1ncc(C(F)(F)F)cc1Cl. The maximum Gasteiger partial charge on any atom is 0.417 e. The first-order chi connectivity index (χ1) is 10.5. The molecule has 1 heterocycles. The van der Waals surface area contributed by atoms with Crippen LogP contribution < -0.4 is 0 Å². The number of benzene rings is 1. The lowest BCUT2D eigenvalue weighted by Gasteiger charge is -2.11. The van der Waals surface area contributed by atoms with Crippen molar-refractivity contribution in [3.8, 4) is 17.0 Å². The van der Waals surface area contributed by atoms with Gasteiger partial charge in [0.25, 0.3) is 0 Å². The number of phenols is 1. The van der Waals surface area contributed by atoms with Gasteiger partial charge in [0.05, 0.1) is 26.2 Å². The van der Waals surface area contributed by atoms with Crippen LogP contribution in [-0.4, -0.2) is 15.0 Å². The summed E-state index contributed by atoms with van der Waals surface area (Å²) in [6, 6.07) is 1.01. The third-order valence-corrected chi connectivity index (χ3v) is 3.34. The number of pyridine rings is 1. The molecule has 0 atom stereocenters. The minimum absolute atomic E-state index is 0.343. The number of nitrogens with zero attached hydrogens (tertiary/aromatic N) is 2. The number of nitro benzene ring substituents is 1. The van der Waals surface area contributed by atoms with Crippen molar-refractivity contribution in [3.05, 3.63) is 49.9 Å². The second-order valence-corrected chi connectivity index (χ2v) is 5.04. The van der Waals surface area contributed by atoms with Gasteiger partial charge in [0.1, 0.15) is 11.4 Å². The van der Waals surface area contributed by atoms with Crippen LogP contribution >= 0.6 is 23.2 Å². The molecule has 11 heteroatoms. The zero-order chi connectivity index (χ0) is 17.5. The molecule has 0 unspecified atom stereocenters. The quantitative estimate of drug-likeness (QED) is 0.466. The van der Waals surface area contributed by atoms with E-state index in [0.717, 1.165) is 0 Å². The lowest BCUT2D eigenvalue weighted by atomic mass is 10.1. The zero-order valence-electron chi connectivity index (χ0n) is 10.7. The van der Waals surface area contributed by atoms with E-state index in [4.69, 9.17) is 23.2 Å². The molecule has 1 aromatic carbocycles. The average Bonchev–Trinajstić information content (AvgIpc) is 2.41. The van der Waals surface area contributed by atoms with Crippen molar-refractivity contribution in [1.29, 1.82) is 0 Å². The molecule has 0 aliphatic rings. The number of alkyl halides is 3. The van der Waals surface area contributed by atoms with Gasteiger partial charge in [-0.1, -0.05) is 23.2 Å². The summed E-state index contributed by atoms with van der Waals surface area (Å²) in [5.74, 6) is -2.32. The summed E-state index contributed by atoms with van der Waals surface area (Å²) in [4.78, 5) is 13.2. The zero-order valence-corrected chi connectivity index (χ0v) is 12.2. The Morgan fingerprint density at radius 3 is 2.30 bits per heavy atom.